The maximum absolute atomic E-state index is 12.5. The molecule has 5 nitrogen and oxygen atoms in total. The third-order valence-electron chi connectivity index (χ3n) is 3.09. The van der Waals surface area contributed by atoms with Crippen molar-refractivity contribution in [2.45, 2.75) is 19.0 Å². The summed E-state index contributed by atoms with van der Waals surface area (Å²) in [5.74, 6) is -0.584. The minimum Gasteiger partial charge on any atom is -0.395 e. The SMILES string of the molecule is O=C(C1CC(c2ccccc2)=NO1)N(CCO)CC(F)F. The van der Waals surface area contributed by atoms with Gasteiger partial charge in [0.05, 0.1) is 18.9 Å². The van der Waals surface area contributed by atoms with Crippen molar-refractivity contribution in [1.29, 1.82) is 0 Å². The molecular formula is C14H16F2N2O3. The Bertz CT molecular complexity index is 508. The molecule has 0 saturated carbocycles. The molecule has 0 fully saturated rings. The number of carbonyl (C=O) groups is 1. The van der Waals surface area contributed by atoms with E-state index in [1.165, 1.54) is 0 Å². The normalized spacial score (nSPS) is 17.5. The van der Waals surface area contributed by atoms with Crippen molar-refractivity contribution in [3.8, 4) is 0 Å². The van der Waals surface area contributed by atoms with Crippen molar-refractivity contribution in [1.82, 2.24) is 4.90 Å². The van der Waals surface area contributed by atoms with Crippen LogP contribution in [0.2, 0.25) is 0 Å². The summed E-state index contributed by atoms with van der Waals surface area (Å²) < 4.78 is 24.9. The number of alkyl halides is 2. The molecule has 21 heavy (non-hydrogen) atoms. The molecule has 114 valence electrons. The quantitative estimate of drug-likeness (QED) is 0.860. The average molecular weight is 298 g/mol. The molecule has 1 aromatic carbocycles. The van der Waals surface area contributed by atoms with Crippen LogP contribution in [0.15, 0.2) is 35.5 Å². The third-order valence-corrected chi connectivity index (χ3v) is 3.09. The second-order valence-electron chi connectivity index (χ2n) is 4.60. The Morgan fingerprint density at radius 2 is 2.14 bits per heavy atom. The molecule has 1 heterocycles. The zero-order valence-electron chi connectivity index (χ0n) is 11.3. The number of hydrogen-bond donors (Lipinski definition) is 1. The van der Waals surface area contributed by atoms with Gasteiger partial charge >= 0.3 is 0 Å². The van der Waals surface area contributed by atoms with E-state index in [0.29, 0.717) is 5.71 Å². The van der Waals surface area contributed by atoms with Crippen molar-refractivity contribution >= 4 is 11.6 Å². The standard InChI is InChI=1S/C14H16F2N2O3/c15-13(16)9-18(6-7-19)14(20)12-8-11(17-21-12)10-4-2-1-3-5-10/h1-5,12-13,19H,6-9H2. The molecule has 0 aromatic heterocycles. The molecule has 1 aliphatic heterocycles. The Morgan fingerprint density at radius 1 is 1.43 bits per heavy atom. The van der Waals surface area contributed by atoms with Crippen LogP contribution >= 0.6 is 0 Å². The van der Waals surface area contributed by atoms with Gasteiger partial charge in [0.1, 0.15) is 0 Å². The van der Waals surface area contributed by atoms with Gasteiger partial charge in [-0.15, -0.1) is 0 Å². The summed E-state index contributed by atoms with van der Waals surface area (Å²) in [5.41, 5.74) is 1.44. The van der Waals surface area contributed by atoms with Crippen molar-refractivity contribution in [2.24, 2.45) is 5.16 Å². The fourth-order valence-electron chi connectivity index (χ4n) is 2.09. The first kappa shape index (κ1) is 15.4. The lowest BCUT2D eigenvalue weighted by Crippen LogP contribution is -2.43. The zero-order valence-corrected chi connectivity index (χ0v) is 11.3. The van der Waals surface area contributed by atoms with Crippen LogP contribution in [0.3, 0.4) is 0 Å². The molecule has 0 saturated heterocycles. The number of aliphatic hydroxyl groups excluding tert-OH is 1. The minimum atomic E-state index is -2.66. The van der Waals surface area contributed by atoms with E-state index in [2.05, 4.69) is 5.16 Å². The van der Waals surface area contributed by atoms with Crippen LogP contribution in [0.5, 0.6) is 0 Å². The Hall–Kier alpha value is -2.02. The Labute approximate surface area is 120 Å². The van der Waals surface area contributed by atoms with E-state index in [-0.39, 0.29) is 19.6 Å². The van der Waals surface area contributed by atoms with E-state index >= 15 is 0 Å². The fraction of sp³-hybridized carbons (Fsp3) is 0.429. The summed E-state index contributed by atoms with van der Waals surface area (Å²) in [4.78, 5) is 18.1. The first-order valence-corrected chi connectivity index (χ1v) is 6.57. The molecule has 7 heteroatoms. The van der Waals surface area contributed by atoms with Gasteiger partial charge in [0.2, 0.25) is 6.10 Å². The van der Waals surface area contributed by atoms with E-state index in [9.17, 15) is 13.6 Å². The molecule has 1 amide bonds. The van der Waals surface area contributed by atoms with E-state index in [4.69, 9.17) is 9.94 Å². The number of amides is 1. The lowest BCUT2D eigenvalue weighted by atomic mass is 10.0. The van der Waals surface area contributed by atoms with Gasteiger partial charge in [-0.3, -0.25) is 4.79 Å². The lowest BCUT2D eigenvalue weighted by molar-refractivity contribution is -0.144. The molecule has 0 spiro atoms. The average Bonchev–Trinajstić information content (AvgIpc) is 2.96. The number of nitrogens with zero attached hydrogens (tertiary/aromatic N) is 2. The fourth-order valence-corrected chi connectivity index (χ4v) is 2.09. The number of rotatable bonds is 6. The highest BCUT2D eigenvalue weighted by molar-refractivity contribution is 6.04. The predicted octanol–water partition coefficient (Wildman–Crippen LogP) is 1.27. The molecule has 1 atom stereocenters. The van der Waals surface area contributed by atoms with Crippen LogP contribution in [-0.2, 0) is 9.63 Å². The molecular weight excluding hydrogens is 282 g/mol. The number of carbonyl (C=O) groups excluding carboxylic acids is 1. The summed E-state index contributed by atoms with van der Waals surface area (Å²) in [6.45, 7) is -1.25. The Balaban J connectivity index is 1.99. The zero-order chi connectivity index (χ0) is 15.2. The topological polar surface area (TPSA) is 62.1 Å². The van der Waals surface area contributed by atoms with Crippen molar-refractivity contribution in [2.75, 3.05) is 19.7 Å². The molecule has 1 aromatic rings. The van der Waals surface area contributed by atoms with Crippen LogP contribution in [-0.4, -0.2) is 53.9 Å². The van der Waals surface area contributed by atoms with Gasteiger partial charge in [-0.05, 0) is 5.56 Å². The van der Waals surface area contributed by atoms with Crippen LogP contribution in [0.25, 0.3) is 0 Å². The molecule has 2 rings (SSSR count). The predicted molar refractivity (Wildman–Crippen MR) is 72.1 cm³/mol. The smallest absolute Gasteiger partial charge is 0.267 e. The maximum atomic E-state index is 12.5. The molecule has 0 radical (unpaired) electrons. The molecule has 1 N–H and O–H groups in total. The summed E-state index contributed by atoms with van der Waals surface area (Å²) in [6.07, 6.45) is -3.34. The number of oxime groups is 1. The van der Waals surface area contributed by atoms with Crippen LogP contribution in [0.1, 0.15) is 12.0 Å². The Kier molecular flexibility index (Phi) is 5.21. The lowest BCUT2D eigenvalue weighted by Gasteiger charge is -2.23. The van der Waals surface area contributed by atoms with Gasteiger partial charge < -0.3 is 14.8 Å². The highest BCUT2D eigenvalue weighted by Gasteiger charge is 2.33. The highest BCUT2D eigenvalue weighted by Crippen LogP contribution is 2.18. The molecule has 1 unspecified atom stereocenters. The first-order chi connectivity index (χ1) is 10.1. The maximum Gasteiger partial charge on any atom is 0.267 e. The molecule has 0 aliphatic carbocycles. The molecule has 1 aliphatic rings. The van der Waals surface area contributed by atoms with Crippen molar-refractivity contribution in [3.05, 3.63) is 35.9 Å². The van der Waals surface area contributed by atoms with Gasteiger partial charge in [-0.1, -0.05) is 35.5 Å². The highest BCUT2D eigenvalue weighted by atomic mass is 19.3. The summed E-state index contributed by atoms with van der Waals surface area (Å²) >= 11 is 0. The van der Waals surface area contributed by atoms with E-state index in [1.807, 2.05) is 30.3 Å². The number of benzene rings is 1. The van der Waals surface area contributed by atoms with Gasteiger partial charge in [-0.25, -0.2) is 8.78 Å². The van der Waals surface area contributed by atoms with Crippen LogP contribution in [0.4, 0.5) is 8.78 Å². The Morgan fingerprint density at radius 3 is 2.76 bits per heavy atom. The number of halogens is 2. The summed E-state index contributed by atoms with van der Waals surface area (Å²) in [7, 11) is 0. The number of hydrogen-bond acceptors (Lipinski definition) is 4. The van der Waals surface area contributed by atoms with Crippen LogP contribution < -0.4 is 0 Å². The first-order valence-electron chi connectivity index (χ1n) is 6.57. The number of aliphatic hydroxyl groups is 1. The summed E-state index contributed by atoms with van der Waals surface area (Å²) in [6, 6.07) is 9.19. The molecule has 0 bridgehead atoms. The van der Waals surface area contributed by atoms with Gasteiger partial charge in [0.25, 0.3) is 12.3 Å². The van der Waals surface area contributed by atoms with E-state index in [1.54, 1.807) is 0 Å². The van der Waals surface area contributed by atoms with E-state index in [0.717, 1.165) is 10.5 Å². The second-order valence-corrected chi connectivity index (χ2v) is 4.60. The summed E-state index contributed by atoms with van der Waals surface area (Å²) in [5, 5.41) is 12.7. The van der Waals surface area contributed by atoms with Gasteiger partial charge in [0, 0.05) is 13.0 Å². The van der Waals surface area contributed by atoms with Gasteiger partial charge in [0.15, 0.2) is 0 Å². The monoisotopic (exact) mass is 298 g/mol. The van der Waals surface area contributed by atoms with E-state index < -0.39 is 25.0 Å². The minimum absolute atomic E-state index is 0.149. The van der Waals surface area contributed by atoms with Crippen molar-refractivity contribution in [3.63, 3.8) is 0 Å². The second kappa shape index (κ2) is 7.12. The van der Waals surface area contributed by atoms with Gasteiger partial charge in [-0.2, -0.15) is 0 Å². The van der Waals surface area contributed by atoms with Crippen molar-refractivity contribution < 1.29 is 23.5 Å². The van der Waals surface area contributed by atoms with Crippen LogP contribution in [0, 0.1) is 0 Å². The third kappa shape index (κ3) is 3.98. The largest absolute Gasteiger partial charge is 0.395 e.